The van der Waals surface area contributed by atoms with Crippen LogP contribution in [0.4, 0.5) is 5.69 Å². The van der Waals surface area contributed by atoms with E-state index in [2.05, 4.69) is 5.32 Å². The van der Waals surface area contributed by atoms with E-state index in [-0.39, 0.29) is 11.4 Å². The molecule has 0 spiro atoms. The van der Waals surface area contributed by atoms with E-state index < -0.39 is 0 Å². The summed E-state index contributed by atoms with van der Waals surface area (Å²) in [6, 6.07) is 14.6. The van der Waals surface area contributed by atoms with Gasteiger partial charge in [0.15, 0.2) is 0 Å². The van der Waals surface area contributed by atoms with Crippen molar-refractivity contribution < 1.29 is 19.5 Å². The SMILES string of the molecule is CC(=O)Nc1ccc(Oc2cccc(C=[N+](O)C(C)(C)C)c2)cc1. The first-order chi connectivity index (χ1) is 11.2. The molecule has 0 aliphatic rings. The molecule has 0 unspecified atom stereocenters. The zero-order valence-corrected chi connectivity index (χ0v) is 14.4. The van der Waals surface area contributed by atoms with E-state index in [0.29, 0.717) is 11.5 Å². The number of nitrogens with zero attached hydrogens (tertiary/aromatic N) is 1. The molecule has 0 atom stereocenters. The summed E-state index contributed by atoms with van der Waals surface area (Å²) in [5.41, 5.74) is 1.17. The molecular weight excluding hydrogens is 304 g/mol. The maximum absolute atomic E-state index is 11.0. The second kappa shape index (κ2) is 7.17. The van der Waals surface area contributed by atoms with Crippen LogP contribution in [-0.2, 0) is 4.79 Å². The van der Waals surface area contributed by atoms with Crippen LogP contribution in [0.5, 0.6) is 11.5 Å². The van der Waals surface area contributed by atoms with Gasteiger partial charge in [-0.05, 0) is 47.2 Å². The number of carbonyl (C=O) groups excluding carboxylic acids is 1. The van der Waals surface area contributed by atoms with Gasteiger partial charge in [0, 0.05) is 38.9 Å². The van der Waals surface area contributed by atoms with Gasteiger partial charge in [0.25, 0.3) is 0 Å². The predicted octanol–water partition coefficient (Wildman–Crippen LogP) is 4.06. The minimum atomic E-state index is -0.379. The Morgan fingerprint density at radius 2 is 1.79 bits per heavy atom. The van der Waals surface area contributed by atoms with E-state index in [1.807, 2.05) is 45.0 Å². The van der Waals surface area contributed by atoms with Crippen LogP contribution >= 0.6 is 0 Å². The summed E-state index contributed by atoms with van der Waals surface area (Å²) in [5.74, 6) is 1.22. The largest absolute Gasteiger partial charge is 0.457 e. The number of rotatable bonds is 4. The van der Waals surface area contributed by atoms with Crippen molar-refractivity contribution in [3.8, 4) is 11.5 Å². The van der Waals surface area contributed by atoms with Gasteiger partial charge in [-0.2, -0.15) is 0 Å². The van der Waals surface area contributed by atoms with Gasteiger partial charge in [-0.25, -0.2) is 0 Å². The molecular formula is C19H23N2O3+. The third-order valence-corrected chi connectivity index (χ3v) is 3.23. The molecule has 2 aromatic rings. The quantitative estimate of drug-likeness (QED) is 0.385. The number of hydrogen-bond donors (Lipinski definition) is 2. The van der Waals surface area contributed by atoms with E-state index >= 15 is 0 Å². The van der Waals surface area contributed by atoms with Crippen LogP contribution in [-0.4, -0.2) is 27.6 Å². The van der Waals surface area contributed by atoms with Gasteiger partial charge in [-0.15, -0.1) is 0 Å². The molecule has 0 aromatic heterocycles. The molecule has 5 heteroatoms. The molecule has 0 aliphatic heterocycles. The predicted molar refractivity (Wildman–Crippen MR) is 94.2 cm³/mol. The fourth-order valence-electron chi connectivity index (χ4n) is 1.94. The standard InChI is InChI=1S/C19H22N2O3/c1-14(22)20-16-8-10-17(11-9-16)24-18-7-5-6-15(12-18)13-21(23)19(2,3)4/h5-13H,1-4H3,(H-,20,22,23)/p+1. The van der Waals surface area contributed by atoms with E-state index in [4.69, 9.17) is 4.74 Å². The average Bonchev–Trinajstić information content (AvgIpc) is 2.48. The van der Waals surface area contributed by atoms with Crippen LogP contribution in [0.3, 0.4) is 0 Å². The van der Waals surface area contributed by atoms with Crippen molar-refractivity contribution in [2.24, 2.45) is 0 Å². The van der Waals surface area contributed by atoms with E-state index in [1.165, 1.54) is 11.7 Å². The maximum Gasteiger partial charge on any atom is 0.223 e. The number of nitrogens with one attached hydrogen (secondary N) is 1. The fourth-order valence-corrected chi connectivity index (χ4v) is 1.94. The number of hydrogen-bond acceptors (Lipinski definition) is 3. The Bertz CT molecular complexity index is 744. The van der Waals surface area contributed by atoms with Gasteiger partial charge >= 0.3 is 0 Å². The van der Waals surface area contributed by atoms with Gasteiger partial charge in [-0.3, -0.25) is 10.0 Å². The second-order valence-electron chi connectivity index (χ2n) is 6.52. The lowest BCUT2D eigenvalue weighted by atomic mass is 10.1. The van der Waals surface area contributed by atoms with Gasteiger partial charge in [0.1, 0.15) is 11.5 Å². The van der Waals surface area contributed by atoms with Crippen molar-refractivity contribution in [1.82, 2.24) is 0 Å². The number of hydroxylamine groups is 1. The van der Waals surface area contributed by atoms with Gasteiger partial charge in [0.05, 0.1) is 0 Å². The summed E-state index contributed by atoms with van der Waals surface area (Å²) in [7, 11) is 0. The topological polar surface area (TPSA) is 61.6 Å². The Balaban J connectivity index is 2.13. The summed E-state index contributed by atoms with van der Waals surface area (Å²) in [6.45, 7) is 7.22. The van der Waals surface area contributed by atoms with Crippen LogP contribution < -0.4 is 10.1 Å². The minimum Gasteiger partial charge on any atom is -0.457 e. The molecule has 1 amide bonds. The summed E-state index contributed by atoms with van der Waals surface area (Å²) in [6.07, 6.45) is 1.66. The van der Waals surface area contributed by atoms with Gasteiger partial charge in [0.2, 0.25) is 17.7 Å². The Morgan fingerprint density at radius 3 is 2.38 bits per heavy atom. The third-order valence-electron chi connectivity index (χ3n) is 3.23. The van der Waals surface area contributed by atoms with E-state index in [0.717, 1.165) is 11.3 Å². The van der Waals surface area contributed by atoms with Crippen molar-refractivity contribution >= 4 is 17.8 Å². The second-order valence-corrected chi connectivity index (χ2v) is 6.52. The van der Waals surface area contributed by atoms with Crippen LogP contribution in [0.2, 0.25) is 0 Å². The van der Waals surface area contributed by atoms with Gasteiger partial charge in [-0.1, -0.05) is 6.07 Å². The van der Waals surface area contributed by atoms with Crippen molar-refractivity contribution in [2.45, 2.75) is 33.2 Å². The number of benzene rings is 2. The summed E-state index contributed by atoms with van der Waals surface area (Å²) in [4.78, 5) is 11.0. The monoisotopic (exact) mass is 327 g/mol. The molecule has 0 bridgehead atoms. The van der Waals surface area contributed by atoms with Crippen LogP contribution in [0.1, 0.15) is 33.3 Å². The summed E-state index contributed by atoms with van der Waals surface area (Å²) < 4.78 is 6.99. The van der Waals surface area contributed by atoms with E-state index in [9.17, 15) is 10.0 Å². The zero-order chi connectivity index (χ0) is 17.7. The third kappa shape index (κ3) is 5.12. The molecule has 5 nitrogen and oxygen atoms in total. The lowest BCUT2D eigenvalue weighted by Gasteiger charge is -2.10. The average molecular weight is 327 g/mol. The Labute approximate surface area is 142 Å². The molecule has 0 saturated heterocycles. The first kappa shape index (κ1) is 17.5. The summed E-state index contributed by atoms with van der Waals surface area (Å²) >= 11 is 0. The van der Waals surface area contributed by atoms with Gasteiger partial charge < -0.3 is 10.1 Å². The highest BCUT2D eigenvalue weighted by Crippen LogP contribution is 2.23. The lowest BCUT2D eigenvalue weighted by Crippen LogP contribution is -2.31. The first-order valence-electron chi connectivity index (χ1n) is 7.73. The summed E-state index contributed by atoms with van der Waals surface area (Å²) in [5, 5.41) is 12.7. The van der Waals surface area contributed by atoms with Crippen LogP contribution in [0, 0.1) is 0 Å². The molecule has 0 radical (unpaired) electrons. The van der Waals surface area contributed by atoms with Crippen LogP contribution in [0.15, 0.2) is 48.5 Å². The molecule has 2 rings (SSSR count). The Morgan fingerprint density at radius 1 is 1.12 bits per heavy atom. The molecule has 126 valence electrons. The first-order valence-corrected chi connectivity index (χ1v) is 7.73. The molecule has 2 N–H and O–H groups in total. The smallest absolute Gasteiger partial charge is 0.223 e. The van der Waals surface area contributed by atoms with Crippen molar-refractivity contribution in [3.63, 3.8) is 0 Å². The number of ether oxygens (including phenoxy) is 1. The van der Waals surface area contributed by atoms with Crippen LogP contribution in [0.25, 0.3) is 0 Å². The minimum absolute atomic E-state index is 0.112. The highest BCUT2D eigenvalue weighted by atomic mass is 16.5. The number of carbonyl (C=O) groups is 1. The Kier molecular flexibility index (Phi) is 5.24. The van der Waals surface area contributed by atoms with Crippen molar-refractivity contribution in [1.29, 1.82) is 0 Å². The number of anilines is 1. The molecule has 2 aromatic carbocycles. The molecule has 0 fully saturated rings. The van der Waals surface area contributed by atoms with Crippen molar-refractivity contribution in [3.05, 3.63) is 54.1 Å². The number of amides is 1. The van der Waals surface area contributed by atoms with Crippen molar-refractivity contribution in [2.75, 3.05) is 5.32 Å². The normalized spacial score (nSPS) is 11.9. The Hall–Kier alpha value is -2.82. The highest BCUT2D eigenvalue weighted by molar-refractivity contribution is 5.88. The maximum atomic E-state index is 11.0. The molecule has 24 heavy (non-hydrogen) atoms. The molecule has 0 saturated carbocycles. The molecule has 0 heterocycles. The fraction of sp³-hybridized carbons (Fsp3) is 0.263. The zero-order valence-electron chi connectivity index (χ0n) is 14.4. The molecule has 0 aliphatic carbocycles. The lowest BCUT2D eigenvalue weighted by molar-refractivity contribution is -0.816. The van der Waals surface area contributed by atoms with E-state index in [1.54, 1.807) is 30.5 Å². The highest BCUT2D eigenvalue weighted by Gasteiger charge is 2.24.